The Hall–Kier alpha value is -3.46. The third kappa shape index (κ3) is 5.78. The highest BCUT2D eigenvalue weighted by molar-refractivity contribution is 6.30. The van der Waals surface area contributed by atoms with Crippen LogP contribution < -0.4 is 10.6 Å². The van der Waals surface area contributed by atoms with E-state index < -0.39 is 35.9 Å². The molecule has 0 aliphatic carbocycles. The number of nitrogens with zero attached hydrogens (tertiary/aromatic N) is 1. The molecule has 0 aliphatic heterocycles. The Balaban J connectivity index is 1.83. The Labute approximate surface area is 164 Å². The zero-order chi connectivity index (χ0) is 20.7. The van der Waals surface area contributed by atoms with Crippen molar-refractivity contribution in [2.75, 3.05) is 18.5 Å². The predicted molar refractivity (Wildman–Crippen MR) is 101 cm³/mol. The second kappa shape index (κ2) is 9.47. The first-order chi connectivity index (χ1) is 13.3. The Bertz CT molecular complexity index is 914. The number of hydrogen-bond donors (Lipinski definition) is 2. The molecule has 2 N–H and O–H groups in total. The third-order valence-corrected chi connectivity index (χ3v) is 3.83. The number of aryl methyl sites for hydroxylation is 1. The molecule has 0 bridgehead atoms. The van der Waals surface area contributed by atoms with Crippen LogP contribution in [-0.4, -0.2) is 35.9 Å². The van der Waals surface area contributed by atoms with Crippen molar-refractivity contribution in [2.24, 2.45) is 0 Å². The van der Waals surface area contributed by atoms with E-state index in [9.17, 15) is 24.5 Å². The van der Waals surface area contributed by atoms with Gasteiger partial charge < -0.3 is 15.4 Å². The van der Waals surface area contributed by atoms with Crippen molar-refractivity contribution in [2.45, 2.75) is 6.92 Å². The summed E-state index contributed by atoms with van der Waals surface area (Å²) < 4.78 is 4.76. The Morgan fingerprint density at radius 2 is 1.82 bits per heavy atom. The molecular formula is C18H16ClN3O6. The molecule has 10 heteroatoms. The number of carbonyl (C=O) groups is 3. The van der Waals surface area contributed by atoms with Crippen LogP contribution >= 0.6 is 11.6 Å². The summed E-state index contributed by atoms with van der Waals surface area (Å²) in [6.07, 6.45) is 0. The molecule has 0 unspecified atom stereocenters. The van der Waals surface area contributed by atoms with E-state index in [0.29, 0.717) is 16.1 Å². The largest absolute Gasteiger partial charge is 0.454 e. The maximum atomic E-state index is 11.9. The van der Waals surface area contributed by atoms with Gasteiger partial charge in [0.25, 0.3) is 17.5 Å². The van der Waals surface area contributed by atoms with Crippen LogP contribution in [0.2, 0.25) is 5.02 Å². The summed E-state index contributed by atoms with van der Waals surface area (Å²) >= 11 is 5.73. The number of anilines is 1. The molecule has 146 valence electrons. The third-order valence-electron chi connectivity index (χ3n) is 3.58. The molecule has 9 nitrogen and oxygen atoms in total. The van der Waals surface area contributed by atoms with Crippen molar-refractivity contribution < 1.29 is 24.0 Å². The van der Waals surface area contributed by atoms with Crippen LogP contribution in [0.4, 0.5) is 11.4 Å². The molecular weight excluding hydrogens is 390 g/mol. The number of rotatable bonds is 7. The topological polar surface area (TPSA) is 128 Å². The molecule has 2 amide bonds. The number of halogens is 1. The zero-order valence-electron chi connectivity index (χ0n) is 14.7. The minimum atomic E-state index is -0.836. The summed E-state index contributed by atoms with van der Waals surface area (Å²) in [5.41, 5.74) is 0.561. The number of benzene rings is 2. The fourth-order valence-electron chi connectivity index (χ4n) is 2.20. The summed E-state index contributed by atoms with van der Waals surface area (Å²) in [6, 6.07) is 10.4. The maximum absolute atomic E-state index is 11.9. The fraction of sp³-hybridized carbons (Fsp3) is 0.167. The predicted octanol–water partition coefficient (Wildman–Crippen LogP) is 2.47. The minimum Gasteiger partial charge on any atom is -0.454 e. The van der Waals surface area contributed by atoms with Crippen molar-refractivity contribution in [1.82, 2.24) is 5.32 Å². The second-order valence-electron chi connectivity index (χ2n) is 5.62. The zero-order valence-corrected chi connectivity index (χ0v) is 15.5. The van der Waals surface area contributed by atoms with Gasteiger partial charge in [-0.15, -0.1) is 0 Å². The van der Waals surface area contributed by atoms with Gasteiger partial charge >= 0.3 is 5.97 Å². The first kappa shape index (κ1) is 20.8. The van der Waals surface area contributed by atoms with E-state index in [-0.39, 0.29) is 11.4 Å². The van der Waals surface area contributed by atoms with Gasteiger partial charge in [-0.05, 0) is 36.8 Å². The molecule has 0 fully saturated rings. The number of amides is 2. The molecule has 28 heavy (non-hydrogen) atoms. The second-order valence-corrected chi connectivity index (χ2v) is 6.06. The molecule has 2 aromatic carbocycles. The molecule has 0 heterocycles. The number of hydrogen-bond acceptors (Lipinski definition) is 6. The standard InChI is InChI=1S/C18H16ClN3O6/c1-11-3-2-4-14(22(26)27)17(11)21-15(23)10-28-16(24)9-20-18(25)12-5-7-13(19)8-6-12/h2-8H,9-10H2,1H3,(H,20,25)(H,21,23). The average molecular weight is 406 g/mol. The maximum Gasteiger partial charge on any atom is 0.325 e. The van der Waals surface area contributed by atoms with Gasteiger partial charge in [-0.3, -0.25) is 24.5 Å². The molecule has 0 aromatic heterocycles. The molecule has 0 aliphatic rings. The number of nitrogens with one attached hydrogen (secondary N) is 2. The lowest BCUT2D eigenvalue weighted by Gasteiger charge is -2.10. The number of nitro groups is 1. The van der Waals surface area contributed by atoms with Crippen molar-refractivity contribution in [3.8, 4) is 0 Å². The molecule has 0 atom stereocenters. The van der Waals surface area contributed by atoms with Gasteiger partial charge in [0.1, 0.15) is 12.2 Å². The van der Waals surface area contributed by atoms with Crippen molar-refractivity contribution in [3.63, 3.8) is 0 Å². The fourth-order valence-corrected chi connectivity index (χ4v) is 2.32. The number of nitro benzene ring substituents is 1. The summed E-state index contributed by atoms with van der Waals surface area (Å²) in [4.78, 5) is 45.9. The van der Waals surface area contributed by atoms with E-state index in [2.05, 4.69) is 10.6 Å². The van der Waals surface area contributed by atoms with Gasteiger partial charge in [-0.1, -0.05) is 23.7 Å². The minimum absolute atomic E-state index is 0.0320. The van der Waals surface area contributed by atoms with Gasteiger partial charge in [0.2, 0.25) is 0 Å². The smallest absolute Gasteiger partial charge is 0.325 e. The molecule has 0 saturated heterocycles. The lowest BCUT2D eigenvalue weighted by molar-refractivity contribution is -0.384. The van der Waals surface area contributed by atoms with Crippen LogP contribution in [0.3, 0.4) is 0 Å². The molecule has 0 radical (unpaired) electrons. The molecule has 2 rings (SSSR count). The Morgan fingerprint density at radius 1 is 1.14 bits per heavy atom. The quantitative estimate of drug-likeness (QED) is 0.413. The van der Waals surface area contributed by atoms with E-state index in [1.807, 2.05) is 0 Å². The molecule has 2 aromatic rings. The van der Waals surface area contributed by atoms with Gasteiger partial charge in [-0.2, -0.15) is 0 Å². The van der Waals surface area contributed by atoms with Crippen molar-refractivity contribution in [1.29, 1.82) is 0 Å². The first-order valence-electron chi connectivity index (χ1n) is 8.01. The Kier molecular flexibility index (Phi) is 7.05. The van der Waals surface area contributed by atoms with Crippen molar-refractivity contribution >= 4 is 40.8 Å². The van der Waals surface area contributed by atoms with Crippen LogP contribution in [-0.2, 0) is 14.3 Å². The van der Waals surface area contributed by atoms with Gasteiger partial charge in [0.05, 0.1) is 4.92 Å². The van der Waals surface area contributed by atoms with E-state index in [1.165, 1.54) is 36.4 Å². The van der Waals surface area contributed by atoms with Gasteiger partial charge in [0.15, 0.2) is 6.61 Å². The summed E-state index contributed by atoms with van der Waals surface area (Å²) in [5, 5.41) is 16.2. The van der Waals surface area contributed by atoms with Crippen LogP contribution in [0.1, 0.15) is 15.9 Å². The molecule has 0 saturated carbocycles. The number of carbonyl (C=O) groups excluding carboxylic acids is 3. The lowest BCUT2D eigenvalue weighted by Crippen LogP contribution is -2.32. The summed E-state index contributed by atoms with van der Waals surface area (Å²) in [6.45, 7) is 0.501. The number of para-hydroxylation sites is 1. The normalized spacial score (nSPS) is 10.1. The van der Waals surface area contributed by atoms with E-state index in [4.69, 9.17) is 16.3 Å². The van der Waals surface area contributed by atoms with Crippen LogP contribution in [0.25, 0.3) is 0 Å². The SMILES string of the molecule is Cc1cccc([N+](=O)[O-])c1NC(=O)COC(=O)CNC(=O)c1ccc(Cl)cc1. The van der Waals surface area contributed by atoms with E-state index in [1.54, 1.807) is 13.0 Å². The highest BCUT2D eigenvalue weighted by Gasteiger charge is 2.18. The van der Waals surface area contributed by atoms with Crippen LogP contribution in [0.15, 0.2) is 42.5 Å². The average Bonchev–Trinajstić information content (AvgIpc) is 2.66. The van der Waals surface area contributed by atoms with Gasteiger partial charge in [0, 0.05) is 16.7 Å². The lowest BCUT2D eigenvalue weighted by atomic mass is 10.1. The van der Waals surface area contributed by atoms with Crippen molar-refractivity contribution in [3.05, 3.63) is 68.7 Å². The molecule has 0 spiro atoms. The Morgan fingerprint density at radius 3 is 2.46 bits per heavy atom. The van der Waals surface area contributed by atoms with Crippen LogP contribution in [0.5, 0.6) is 0 Å². The number of ether oxygens (including phenoxy) is 1. The van der Waals surface area contributed by atoms with E-state index in [0.717, 1.165) is 0 Å². The van der Waals surface area contributed by atoms with E-state index >= 15 is 0 Å². The summed E-state index contributed by atoms with van der Waals surface area (Å²) in [5.74, 6) is -2.08. The summed E-state index contributed by atoms with van der Waals surface area (Å²) in [7, 11) is 0. The first-order valence-corrected chi connectivity index (χ1v) is 8.39. The highest BCUT2D eigenvalue weighted by atomic mass is 35.5. The monoisotopic (exact) mass is 405 g/mol. The van der Waals surface area contributed by atoms with Crippen LogP contribution in [0, 0.1) is 17.0 Å². The van der Waals surface area contributed by atoms with Gasteiger partial charge in [-0.25, -0.2) is 0 Å². The number of esters is 1. The highest BCUT2D eigenvalue weighted by Crippen LogP contribution is 2.27.